The number of aromatic nitrogens is 1. The van der Waals surface area contributed by atoms with Gasteiger partial charge in [0.1, 0.15) is 0 Å². The van der Waals surface area contributed by atoms with Gasteiger partial charge in [0.2, 0.25) is 5.91 Å². The number of fused-ring (bicyclic) bond motifs is 1. The number of nitrogens with one attached hydrogen (secondary N) is 2. The number of carbonyl (C=O) groups is 1. The number of benzene rings is 1. The van der Waals surface area contributed by atoms with Gasteiger partial charge in [0.05, 0.1) is 16.2 Å². The Hall–Kier alpha value is -1.72. The van der Waals surface area contributed by atoms with Crippen molar-refractivity contribution in [3.05, 3.63) is 58.3 Å². The van der Waals surface area contributed by atoms with Crippen LogP contribution in [-0.4, -0.2) is 16.9 Å². The molecule has 0 saturated heterocycles. The van der Waals surface area contributed by atoms with E-state index in [1.54, 1.807) is 18.5 Å². The third-order valence-corrected chi connectivity index (χ3v) is 4.06. The highest BCUT2D eigenvalue weighted by Gasteiger charge is 2.24. The first kappa shape index (κ1) is 13.3. The number of amides is 1. The summed E-state index contributed by atoms with van der Waals surface area (Å²) in [6.45, 7) is 0.728. The van der Waals surface area contributed by atoms with Crippen LogP contribution in [-0.2, 0) is 17.8 Å². The number of halogens is 1. The number of hydrogen-bond acceptors (Lipinski definition) is 3. The number of carbonyl (C=O) groups excluding carboxylic acids is 1. The van der Waals surface area contributed by atoms with Crippen LogP contribution >= 0.6 is 15.9 Å². The van der Waals surface area contributed by atoms with Crippen molar-refractivity contribution in [2.75, 3.05) is 5.32 Å². The lowest BCUT2D eigenvalue weighted by Crippen LogP contribution is -2.44. The second-order valence-corrected chi connectivity index (χ2v) is 5.61. The zero-order valence-corrected chi connectivity index (χ0v) is 12.4. The van der Waals surface area contributed by atoms with E-state index >= 15 is 0 Å². The molecule has 2 N–H and O–H groups in total. The zero-order valence-electron chi connectivity index (χ0n) is 10.8. The first-order chi connectivity index (χ1) is 9.74. The molecule has 0 bridgehead atoms. The summed E-state index contributed by atoms with van der Waals surface area (Å²) in [4.78, 5) is 16.3. The summed E-state index contributed by atoms with van der Waals surface area (Å²) in [7, 11) is 0. The monoisotopic (exact) mass is 331 g/mol. The standard InChI is InChI=1S/C15H14BrN3O/c16-12-9-17-6-5-13(12)19-15(20)14-7-10-3-1-2-4-11(10)8-18-14/h1-6,9,14,18H,7-8H2,(H,17,19,20)/t14-/m1/s1. The molecule has 0 radical (unpaired) electrons. The largest absolute Gasteiger partial charge is 0.324 e. The van der Waals surface area contributed by atoms with Gasteiger partial charge in [-0.05, 0) is 39.5 Å². The van der Waals surface area contributed by atoms with Crippen LogP contribution in [0.1, 0.15) is 11.1 Å². The predicted molar refractivity (Wildman–Crippen MR) is 81.3 cm³/mol. The molecule has 1 atom stereocenters. The maximum absolute atomic E-state index is 12.3. The molecule has 0 spiro atoms. The second kappa shape index (κ2) is 5.73. The molecule has 102 valence electrons. The smallest absolute Gasteiger partial charge is 0.241 e. The van der Waals surface area contributed by atoms with E-state index in [9.17, 15) is 4.79 Å². The molecule has 2 aromatic rings. The lowest BCUT2D eigenvalue weighted by atomic mass is 9.95. The molecule has 0 saturated carbocycles. The summed E-state index contributed by atoms with van der Waals surface area (Å²) in [6, 6.07) is 9.78. The Morgan fingerprint density at radius 3 is 2.90 bits per heavy atom. The van der Waals surface area contributed by atoms with Gasteiger partial charge in [-0.15, -0.1) is 0 Å². The molecule has 20 heavy (non-hydrogen) atoms. The molecule has 1 aromatic heterocycles. The highest BCUT2D eigenvalue weighted by atomic mass is 79.9. The van der Waals surface area contributed by atoms with Gasteiger partial charge < -0.3 is 10.6 Å². The Morgan fingerprint density at radius 1 is 1.30 bits per heavy atom. The maximum atomic E-state index is 12.3. The van der Waals surface area contributed by atoms with E-state index in [4.69, 9.17) is 0 Å². The predicted octanol–water partition coefficient (Wildman–Crippen LogP) is 2.50. The second-order valence-electron chi connectivity index (χ2n) is 4.75. The highest BCUT2D eigenvalue weighted by molar-refractivity contribution is 9.10. The number of nitrogens with zero attached hydrogens (tertiary/aromatic N) is 1. The van der Waals surface area contributed by atoms with Crippen LogP contribution < -0.4 is 10.6 Å². The molecule has 2 heterocycles. The zero-order chi connectivity index (χ0) is 13.9. The van der Waals surface area contributed by atoms with Gasteiger partial charge in [0, 0.05) is 18.9 Å². The maximum Gasteiger partial charge on any atom is 0.241 e. The van der Waals surface area contributed by atoms with Crippen LogP contribution in [0.2, 0.25) is 0 Å². The van der Waals surface area contributed by atoms with Gasteiger partial charge in [0.25, 0.3) is 0 Å². The van der Waals surface area contributed by atoms with E-state index in [1.165, 1.54) is 11.1 Å². The van der Waals surface area contributed by atoms with Gasteiger partial charge in [-0.25, -0.2) is 0 Å². The first-order valence-electron chi connectivity index (χ1n) is 6.44. The van der Waals surface area contributed by atoms with E-state index in [-0.39, 0.29) is 11.9 Å². The van der Waals surface area contributed by atoms with Crippen molar-refractivity contribution in [2.24, 2.45) is 0 Å². The van der Waals surface area contributed by atoms with Crippen molar-refractivity contribution in [3.8, 4) is 0 Å². The van der Waals surface area contributed by atoms with Crippen LogP contribution in [0.3, 0.4) is 0 Å². The fraction of sp³-hybridized carbons (Fsp3) is 0.200. The molecule has 1 amide bonds. The van der Waals surface area contributed by atoms with Crippen molar-refractivity contribution in [3.63, 3.8) is 0 Å². The molecule has 1 aromatic carbocycles. The summed E-state index contributed by atoms with van der Waals surface area (Å²) < 4.78 is 0.782. The Morgan fingerprint density at radius 2 is 2.10 bits per heavy atom. The van der Waals surface area contributed by atoms with Gasteiger partial charge in [0.15, 0.2) is 0 Å². The van der Waals surface area contributed by atoms with Crippen LogP contribution in [0.25, 0.3) is 0 Å². The normalized spacial score (nSPS) is 17.4. The third kappa shape index (κ3) is 2.73. The topological polar surface area (TPSA) is 54.0 Å². The lowest BCUT2D eigenvalue weighted by Gasteiger charge is -2.25. The van der Waals surface area contributed by atoms with Gasteiger partial charge in [-0.3, -0.25) is 9.78 Å². The quantitative estimate of drug-likeness (QED) is 0.888. The molecule has 0 aliphatic carbocycles. The van der Waals surface area contributed by atoms with E-state index in [0.717, 1.165) is 16.7 Å². The van der Waals surface area contributed by atoms with E-state index in [1.807, 2.05) is 12.1 Å². The molecule has 1 aliphatic rings. The molecular formula is C15H14BrN3O. The molecule has 0 unspecified atom stereocenters. The first-order valence-corrected chi connectivity index (χ1v) is 7.24. The molecule has 4 nitrogen and oxygen atoms in total. The Labute approximate surface area is 125 Å². The van der Waals surface area contributed by atoms with Crippen molar-refractivity contribution < 1.29 is 4.79 Å². The van der Waals surface area contributed by atoms with Gasteiger partial charge >= 0.3 is 0 Å². The highest BCUT2D eigenvalue weighted by Crippen LogP contribution is 2.21. The molecule has 3 rings (SSSR count). The molecule has 0 fully saturated rings. The minimum Gasteiger partial charge on any atom is -0.324 e. The van der Waals surface area contributed by atoms with Crippen LogP contribution in [0.5, 0.6) is 0 Å². The summed E-state index contributed by atoms with van der Waals surface area (Å²) in [6.07, 6.45) is 4.04. The average Bonchev–Trinajstić information content (AvgIpc) is 2.49. The van der Waals surface area contributed by atoms with Crippen LogP contribution in [0, 0.1) is 0 Å². The Bertz CT molecular complexity index is 645. The Balaban J connectivity index is 1.72. The van der Waals surface area contributed by atoms with Crippen molar-refractivity contribution in [1.82, 2.24) is 10.3 Å². The molecule has 1 aliphatic heterocycles. The summed E-state index contributed by atoms with van der Waals surface area (Å²) in [5.41, 5.74) is 3.24. The fourth-order valence-corrected chi connectivity index (χ4v) is 2.69. The number of rotatable bonds is 2. The summed E-state index contributed by atoms with van der Waals surface area (Å²) in [5.74, 6) is -0.0218. The van der Waals surface area contributed by atoms with Crippen molar-refractivity contribution >= 4 is 27.5 Å². The summed E-state index contributed by atoms with van der Waals surface area (Å²) >= 11 is 3.38. The van der Waals surface area contributed by atoms with Gasteiger partial charge in [-0.1, -0.05) is 24.3 Å². The fourth-order valence-electron chi connectivity index (χ4n) is 2.34. The third-order valence-electron chi connectivity index (χ3n) is 3.43. The molecule has 5 heteroatoms. The van der Waals surface area contributed by atoms with Gasteiger partial charge in [-0.2, -0.15) is 0 Å². The van der Waals surface area contributed by atoms with E-state index < -0.39 is 0 Å². The van der Waals surface area contributed by atoms with Crippen molar-refractivity contribution in [1.29, 1.82) is 0 Å². The van der Waals surface area contributed by atoms with E-state index in [0.29, 0.717) is 6.42 Å². The van der Waals surface area contributed by atoms with Crippen LogP contribution in [0.4, 0.5) is 5.69 Å². The number of hydrogen-bond donors (Lipinski definition) is 2. The van der Waals surface area contributed by atoms with Crippen LogP contribution in [0.15, 0.2) is 47.2 Å². The minimum absolute atomic E-state index is 0.0218. The SMILES string of the molecule is O=C(Nc1ccncc1Br)[C@H]1Cc2ccccc2CN1. The number of anilines is 1. The van der Waals surface area contributed by atoms with E-state index in [2.05, 4.69) is 43.7 Å². The minimum atomic E-state index is -0.204. The Kier molecular flexibility index (Phi) is 3.80. The molecular weight excluding hydrogens is 318 g/mol. The number of pyridine rings is 1. The average molecular weight is 332 g/mol. The van der Waals surface area contributed by atoms with Crippen molar-refractivity contribution in [2.45, 2.75) is 19.0 Å². The lowest BCUT2D eigenvalue weighted by molar-refractivity contribution is -0.118. The summed E-state index contributed by atoms with van der Waals surface area (Å²) in [5, 5.41) is 6.19.